The van der Waals surface area contributed by atoms with E-state index in [-0.39, 0.29) is 0 Å². The Morgan fingerprint density at radius 2 is 2.42 bits per heavy atom. The van der Waals surface area contributed by atoms with Crippen molar-refractivity contribution in [1.29, 1.82) is 0 Å². The van der Waals surface area contributed by atoms with Gasteiger partial charge in [0.05, 0.1) is 6.26 Å². The molecule has 0 radical (unpaired) electrons. The minimum atomic E-state index is 0.818. The molecule has 0 atom stereocenters. The van der Waals surface area contributed by atoms with Crippen molar-refractivity contribution in [2.24, 2.45) is 0 Å². The first-order valence-electron chi connectivity index (χ1n) is 4.19. The lowest BCUT2D eigenvalue weighted by atomic mass is 10.3. The van der Waals surface area contributed by atoms with Crippen LogP contribution in [0, 0.1) is 0 Å². The summed E-state index contributed by atoms with van der Waals surface area (Å²) in [6.07, 6.45) is 4.52. The third-order valence-electron chi connectivity index (χ3n) is 2.22. The van der Waals surface area contributed by atoms with Gasteiger partial charge in [0, 0.05) is 18.2 Å². The lowest BCUT2D eigenvalue weighted by molar-refractivity contribution is 0.315. The van der Waals surface area contributed by atoms with Crippen molar-refractivity contribution >= 4 is 15.9 Å². The van der Waals surface area contributed by atoms with Gasteiger partial charge in [0.25, 0.3) is 0 Å². The summed E-state index contributed by atoms with van der Waals surface area (Å²) in [5.74, 6) is 0. The van der Waals surface area contributed by atoms with Gasteiger partial charge in [0.15, 0.2) is 4.67 Å². The molecule has 12 heavy (non-hydrogen) atoms. The van der Waals surface area contributed by atoms with Crippen molar-refractivity contribution < 1.29 is 4.42 Å². The summed E-state index contributed by atoms with van der Waals surface area (Å²) in [4.78, 5) is 2.37. The summed E-state index contributed by atoms with van der Waals surface area (Å²) >= 11 is 3.29. The van der Waals surface area contributed by atoms with E-state index in [2.05, 4.69) is 27.9 Å². The van der Waals surface area contributed by atoms with Crippen LogP contribution in [-0.2, 0) is 6.54 Å². The zero-order valence-electron chi connectivity index (χ0n) is 7.09. The van der Waals surface area contributed by atoms with E-state index in [0.29, 0.717) is 0 Å². The number of hydrogen-bond acceptors (Lipinski definition) is 2. The molecular weight excluding hydrogens is 218 g/mol. The Kier molecular flexibility index (Phi) is 2.24. The molecule has 2 rings (SSSR count). The number of hydrogen-bond donors (Lipinski definition) is 0. The summed E-state index contributed by atoms with van der Waals surface area (Å²) in [6.45, 7) is 1.000. The highest BCUT2D eigenvalue weighted by atomic mass is 79.9. The van der Waals surface area contributed by atoms with Crippen molar-refractivity contribution in [2.75, 3.05) is 7.05 Å². The van der Waals surface area contributed by atoms with Gasteiger partial charge in [-0.05, 0) is 41.9 Å². The Balaban J connectivity index is 1.93. The molecule has 3 heteroatoms. The first-order valence-corrected chi connectivity index (χ1v) is 4.98. The van der Waals surface area contributed by atoms with E-state index in [0.717, 1.165) is 17.3 Å². The Bertz CT molecular complexity index is 267. The second-order valence-corrected chi connectivity index (χ2v) is 4.19. The Hall–Kier alpha value is -0.280. The van der Waals surface area contributed by atoms with Crippen molar-refractivity contribution in [3.63, 3.8) is 0 Å². The molecule has 1 aliphatic carbocycles. The SMILES string of the molecule is CN(Cc1coc(Br)c1)C1CC1. The van der Waals surface area contributed by atoms with Crippen LogP contribution in [0.1, 0.15) is 18.4 Å². The Morgan fingerprint density at radius 3 is 2.92 bits per heavy atom. The number of rotatable bonds is 3. The highest BCUT2D eigenvalue weighted by molar-refractivity contribution is 9.10. The van der Waals surface area contributed by atoms with E-state index >= 15 is 0 Å². The molecule has 0 spiro atoms. The third kappa shape index (κ3) is 1.90. The van der Waals surface area contributed by atoms with Crippen LogP contribution in [0.15, 0.2) is 21.4 Å². The second kappa shape index (κ2) is 3.23. The maximum atomic E-state index is 5.16. The van der Waals surface area contributed by atoms with Gasteiger partial charge in [-0.25, -0.2) is 0 Å². The van der Waals surface area contributed by atoms with Crippen LogP contribution in [0.4, 0.5) is 0 Å². The van der Waals surface area contributed by atoms with Crippen molar-refractivity contribution in [3.8, 4) is 0 Å². The average molecular weight is 230 g/mol. The Labute approximate surface area is 80.7 Å². The number of nitrogens with zero attached hydrogens (tertiary/aromatic N) is 1. The molecule has 0 amide bonds. The maximum Gasteiger partial charge on any atom is 0.169 e. The van der Waals surface area contributed by atoms with Crippen LogP contribution in [-0.4, -0.2) is 18.0 Å². The van der Waals surface area contributed by atoms with Crippen LogP contribution in [0.25, 0.3) is 0 Å². The fraction of sp³-hybridized carbons (Fsp3) is 0.556. The highest BCUT2D eigenvalue weighted by Crippen LogP contribution is 2.27. The quantitative estimate of drug-likeness (QED) is 0.793. The van der Waals surface area contributed by atoms with Crippen LogP contribution in [0.5, 0.6) is 0 Å². The summed E-state index contributed by atoms with van der Waals surface area (Å²) in [5, 5.41) is 0. The second-order valence-electron chi connectivity index (χ2n) is 3.41. The molecular formula is C9H12BrNO. The topological polar surface area (TPSA) is 16.4 Å². The van der Waals surface area contributed by atoms with Crippen molar-refractivity contribution in [2.45, 2.75) is 25.4 Å². The zero-order valence-corrected chi connectivity index (χ0v) is 8.67. The maximum absolute atomic E-state index is 5.16. The molecule has 0 bridgehead atoms. The normalized spacial score (nSPS) is 17.2. The molecule has 0 saturated heterocycles. The molecule has 66 valence electrons. The first kappa shape index (κ1) is 8.32. The van der Waals surface area contributed by atoms with Gasteiger partial charge in [-0.2, -0.15) is 0 Å². The fourth-order valence-corrected chi connectivity index (χ4v) is 1.75. The van der Waals surface area contributed by atoms with Crippen LogP contribution in [0.3, 0.4) is 0 Å². The minimum Gasteiger partial charge on any atom is -0.457 e. The fourth-order valence-electron chi connectivity index (χ4n) is 1.36. The average Bonchev–Trinajstić information content (AvgIpc) is 2.78. The molecule has 1 aromatic heterocycles. The summed E-state index contributed by atoms with van der Waals surface area (Å²) in [5.41, 5.74) is 1.25. The highest BCUT2D eigenvalue weighted by Gasteiger charge is 2.25. The summed E-state index contributed by atoms with van der Waals surface area (Å²) in [6, 6.07) is 2.84. The molecule has 1 heterocycles. The Morgan fingerprint density at radius 1 is 1.67 bits per heavy atom. The van der Waals surface area contributed by atoms with E-state index in [1.165, 1.54) is 18.4 Å². The molecule has 0 aromatic carbocycles. The van der Waals surface area contributed by atoms with Crippen LogP contribution < -0.4 is 0 Å². The molecule has 0 N–H and O–H groups in total. The van der Waals surface area contributed by atoms with Crippen LogP contribution in [0.2, 0.25) is 0 Å². The van der Waals surface area contributed by atoms with Crippen molar-refractivity contribution in [3.05, 3.63) is 22.6 Å². The van der Waals surface area contributed by atoms with E-state index in [1.54, 1.807) is 0 Å². The predicted octanol–water partition coefficient (Wildman–Crippen LogP) is 2.64. The van der Waals surface area contributed by atoms with Crippen molar-refractivity contribution in [1.82, 2.24) is 4.90 Å². The largest absolute Gasteiger partial charge is 0.457 e. The van der Waals surface area contributed by atoms with Gasteiger partial charge in [-0.15, -0.1) is 0 Å². The monoisotopic (exact) mass is 229 g/mol. The summed E-state index contributed by atoms with van der Waals surface area (Å²) in [7, 11) is 2.17. The summed E-state index contributed by atoms with van der Waals surface area (Å²) < 4.78 is 5.98. The number of halogens is 1. The van der Waals surface area contributed by atoms with Gasteiger partial charge in [-0.1, -0.05) is 0 Å². The molecule has 2 nitrogen and oxygen atoms in total. The van der Waals surface area contributed by atoms with Gasteiger partial charge in [-0.3, -0.25) is 4.90 Å². The first-order chi connectivity index (χ1) is 5.75. The molecule has 1 aliphatic rings. The number of furan rings is 1. The minimum absolute atomic E-state index is 0.818. The van der Waals surface area contributed by atoms with Gasteiger partial charge in [0.2, 0.25) is 0 Å². The smallest absolute Gasteiger partial charge is 0.169 e. The molecule has 1 aromatic rings. The van der Waals surface area contributed by atoms with Gasteiger partial charge < -0.3 is 4.42 Å². The van der Waals surface area contributed by atoms with E-state index < -0.39 is 0 Å². The lowest BCUT2D eigenvalue weighted by Gasteiger charge is -2.13. The van der Waals surface area contributed by atoms with E-state index in [1.807, 2.05) is 12.3 Å². The van der Waals surface area contributed by atoms with Gasteiger partial charge in [0.1, 0.15) is 0 Å². The molecule has 1 fully saturated rings. The standard InChI is InChI=1S/C9H12BrNO/c1-11(8-2-3-8)5-7-4-9(10)12-6-7/h4,6,8H,2-3,5H2,1H3. The van der Waals surface area contributed by atoms with Gasteiger partial charge >= 0.3 is 0 Å². The lowest BCUT2D eigenvalue weighted by Crippen LogP contribution is -2.19. The van der Waals surface area contributed by atoms with Crippen LogP contribution >= 0.6 is 15.9 Å². The zero-order chi connectivity index (χ0) is 8.55. The third-order valence-corrected chi connectivity index (χ3v) is 2.64. The van der Waals surface area contributed by atoms with E-state index in [9.17, 15) is 0 Å². The van der Waals surface area contributed by atoms with E-state index in [4.69, 9.17) is 4.42 Å². The molecule has 0 unspecified atom stereocenters. The predicted molar refractivity (Wildman–Crippen MR) is 50.9 cm³/mol. The molecule has 1 saturated carbocycles. The molecule has 0 aliphatic heterocycles.